The number of hydrogen-bond acceptors (Lipinski definition) is 3. The highest BCUT2D eigenvalue weighted by molar-refractivity contribution is 7.92. The van der Waals surface area contributed by atoms with Crippen molar-refractivity contribution in [2.75, 3.05) is 15.9 Å². The van der Waals surface area contributed by atoms with Gasteiger partial charge in [0.15, 0.2) is 0 Å². The van der Waals surface area contributed by atoms with Crippen LogP contribution in [0.4, 0.5) is 11.4 Å². The minimum absolute atomic E-state index is 0.0224. The molecule has 162 valence electrons. The molecule has 0 aliphatic heterocycles. The van der Waals surface area contributed by atoms with Crippen molar-refractivity contribution < 1.29 is 13.2 Å². The normalized spacial score (nSPS) is 11.3. The van der Waals surface area contributed by atoms with Crippen molar-refractivity contribution in [2.24, 2.45) is 0 Å². The summed E-state index contributed by atoms with van der Waals surface area (Å²) in [6, 6.07) is 17.1. The molecule has 0 fully saturated rings. The average molecular weight is 477 g/mol. The van der Waals surface area contributed by atoms with Gasteiger partial charge >= 0.3 is 0 Å². The Morgan fingerprint density at radius 1 is 0.935 bits per heavy atom. The summed E-state index contributed by atoms with van der Waals surface area (Å²) in [5, 5.41) is 3.63. The Labute approximate surface area is 192 Å². The van der Waals surface area contributed by atoms with Crippen molar-refractivity contribution in [1.29, 1.82) is 0 Å². The number of benzene rings is 3. The number of anilines is 2. The van der Waals surface area contributed by atoms with Crippen LogP contribution < -0.4 is 9.62 Å². The fourth-order valence-electron chi connectivity index (χ4n) is 3.26. The minimum Gasteiger partial charge on any atom is -0.322 e. The number of nitrogens with zero attached hydrogens (tertiary/aromatic N) is 1. The van der Waals surface area contributed by atoms with E-state index >= 15 is 0 Å². The maximum atomic E-state index is 12.6. The molecule has 0 unspecified atom stereocenters. The van der Waals surface area contributed by atoms with Crippen molar-refractivity contribution >= 4 is 50.5 Å². The predicted octanol–water partition coefficient (Wildman–Crippen LogP) is 5.83. The average Bonchev–Trinajstić information content (AvgIpc) is 2.66. The molecule has 0 bridgehead atoms. The maximum absolute atomic E-state index is 12.6. The van der Waals surface area contributed by atoms with E-state index in [9.17, 15) is 13.2 Å². The van der Waals surface area contributed by atoms with Crippen molar-refractivity contribution in [1.82, 2.24) is 0 Å². The molecule has 0 heterocycles. The van der Waals surface area contributed by atoms with Crippen LogP contribution in [0.3, 0.4) is 0 Å². The van der Waals surface area contributed by atoms with Crippen LogP contribution >= 0.6 is 23.2 Å². The highest BCUT2D eigenvalue weighted by Gasteiger charge is 2.21. The second-order valence-electron chi connectivity index (χ2n) is 7.35. The second kappa shape index (κ2) is 9.30. The quantitative estimate of drug-likeness (QED) is 0.486. The first-order valence-corrected chi connectivity index (χ1v) is 12.1. The number of halogens is 2. The number of aryl methyl sites for hydroxylation is 2. The molecule has 0 saturated carbocycles. The zero-order valence-electron chi connectivity index (χ0n) is 17.3. The Balaban J connectivity index is 1.85. The van der Waals surface area contributed by atoms with Gasteiger partial charge in [0.1, 0.15) is 0 Å². The lowest BCUT2D eigenvalue weighted by Crippen LogP contribution is -2.29. The van der Waals surface area contributed by atoms with Gasteiger partial charge < -0.3 is 5.32 Å². The topological polar surface area (TPSA) is 66.5 Å². The van der Waals surface area contributed by atoms with E-state index in [4.69, 9.17) is 23.2 Å². The number of amides is 1. The standard InChI is InChI=1S/C23H22Cl2N2O3S/c1-15-11-16(2)13-18(12-15)26-23(28)17-7-9-19(10-8-17)27(31(3,29)30)14-20-21(24)5-4-6-22(20)25/h4-13H,14H2,1-3H3,(H,26,28). The van der Waals surface area contributed by atoms with E-state index in [1.54, 1.807) is 42.5 Å². The van der Waals surface area contributed by atoms with Gasteiger partial charge in [-0.25, -0.2) is 8.42 Å². The SMILES string of the molecule is Cc1cc(C)cc(NC(=O)c2ccc(N(Cc3c(Cl)cccc3Cl)S(C)(=O)=O)cc2)c1. The lowest BCUT2D eigenvalue weighted by Gasteiger charge is -2.23. The monoisotopic (exact) mass is 476 g/mol. The third-order valence-corrected chi connectivity index (χ3v) is 6.51. The molecule has 0 aliphatic rings. The third-order valence-electron chi connectivity index (χ3n) is 4.66. The number of rotatable bonds is 6. The van der Waals surface area contributed by atoms with Gasteiger partial charge in [-0.2, -0.15) is 0 Å². The van der Waals surface area contributed by atoms with Gasteiger partial charge in [0.05, 0.1) is 18.5 Å². The molecular weight excluding hydrogens is 455 g/mol. The van der Waals surface area contributed by atoms with E-state index < -0.39 is 10.0 Å². The molecule has 0 radical (unpaired) electrons. The molecule has 0 saturated heterocycles. The van der Waals surface area contributed by atoms with Crippen LogP contribution in [-0.2, 0) is 16.6 Å². The Morgan fingerprint density at radius 2 is 1.48 bits per heavy atom. The van der Waals surface area contributed by atoms with Crippen LogP contribution in [0, 0.1) is 13.8 Å². The Morgan fingerprint density at radius 3 is 2.00 bits per heavy atom. The van der Waals surface area contributed by atoms with Crippen LogP contribution in [0.15, 0.2) is 60.7 Å². The van der Waals surface area contributed by atoms with Crippen LogP contribution in [0.25, 0.3) is 0 Å². The molecule has 0 aromatic heterocycles. The van der Waals surface area contributed by atoms with E-state index in [0.29, 0.717) is 32.5 Å². The Hall–Kier alpha value is -2.54. The van der Waals surface area contributed by atoms with Gasteiger partial charge in [0, 0.05) is 26.9 Å². The van der Waals surface area contributed by atoms with E-state index in [1.807, 2.05) is 32.0 Å². The minimum atomic E-state index is -3.63. The molecule has 31 heavy (non-hydrogen) atoms. The van der Waals surface area contributed by atoms with Gasteiger partial charge in [-0.15, -0.1) is 0 Å². The summed E-state index contributed by atoms with van der Waals surface area (Å²) in [5.41, 5.74) is 4.12. The first-order chi connectivity index (χ1) is 14.5. The number of carbonyl (C=O) groups is 1. The molecule has 3 aromatic rings. The van der Waals surface area contributed by atoms with Gasteiger partial charge in [-0.05, 0) is 73.5 Å². The molecule has 0 atom stereocenters. The van der Waals surface area contributed by atoms with E-state index in [2.05, 4.69) is 5.32 Å². The first-order valence-electron chi connectivity index (χ1n) is 9.45. The number of nitrogens with one attached hydrogen (secondary N) is 1. The molecule has 1 N–H and O–H groups in total. The number of sulfonamides is 1. The predicted molar refractivity (Wildman–Crippen MR) is 128 cm³/mol. The summed E-state index contributed by atoms with van der Waals surface area (Å²) in [4.78, 5) is 12.6. The molecule has 0 spiro atoms. The fourth-order valence-corrected chi connectivity index (χ4v) is 4.64. The lowest BCUT2D eigenvalue weighted by molar-refractivity contribution is 0.102. The van der Waals surface area contributed by atoms with Crippen molar-refractivity contribution in [3.05, 3.63) is 93.0 Å². The van der Waals surface area contributed by atoms with E-state index in [1.165, 1.54) is 4.31 Å². The molecule has 5 nitrogen and oxygen atoms in total. The molecule has 0 aliphatic carbocycles. The van der Waals surface area contributed by atoms with Crippen LogP contribution in [0.1, 0.15) is 27.0 Å². The van der Waals surface area contributed by atoms with Crippen molar-refractivity contribution in [2.45, 2.75) is 20.4 Å². The molecule has 1 amide bonds. The maximum Gasteiger partial charge on any atom is 0.255 e. The number of carbonyl (C=O) groups excluding carboxylic acids is 1. The summed E-state index contributed by atoms with van der Waals surface area (Å²) >= 11 is 12.4. The first kappa shape index (κ1) is 23.1. The smallest absolute Gasteiger partial charge is 0.255 e. The van der Waals surface area contributed by atoms with E-state index in [-0.39, 0.29) is 12.5 Å². The van der Waals surface area contributed by atoms with Crippen LogP contribution in [-0.4, -0.2) is 20.6 Å². The summed E-state index contributed by atoms with van der Waals surface area (Å²) in [5.74, 6) is -0.281. The zero-order chi connectivity index (χ0) is 22.8. The molecule has 8 heteroatoms. The fraction of sp³-hybridized carbons (Fsp3) is 0.174. The molecular formula is C23H22Cl2N2O3S. The molecule has 3 aromatic carbocycles. The zero-order valence-corrected chi connectivity index (χ0v) is 19.6. The summed E-state index contributed by atoms with van der Waals surface area (Å²) in [7, 11) is -3.63. The Kier molecular flexibility index (Phi) is 6.94. The Bertz CT molecular complexity index is 1190. The largest absolute Gasteiger partial charge is 0.322 e. The van der Waals surface area contributed by atoms with E-state index in [0.717, 1.165) is 17.4 Å². The lowest BCUT2D eigenvalue weighted by atomic mass is 10.1. The highest BCUT2D eigenvalue weighted by atomic mass is 35.5. The number of hydrogen-bond donors (Lipinski definition) is 1. The molecule has 3 rings (SSSR count). The summed E-state index contributed by atoms with van der Waals surface area (Å²) in [6.45, 7) is 3.90. The van der Waals surface area contributed by atoms with Gasteiger partial charge in [-0.1, -0.05) is 35.3 Å². The van der Waals surface area contributed by atoms with Crippen molar-refractivity contribution in [3.8, 4) is 0 Å². The van der Waals surface area contributed by atoms with Crippen LogP contribution in [0.2, 0.25) is 10.0 Å². The van der Waals surface area contributed by atoms with Crippen LogP contribution in [0.5, 0.6) is 0 Å². The highest BCUT2D eigenvalue weighted by Crippen LogP contribution is 2.29. The summed E-state index contributed by atoms with van der Waals surface area (Å²) in [6.07, 6.45) is 1.11. The van der Waals surface area contributed by atoms with Gasteiger partial charge in [0.2, 0.25) is 10.0 Å². The second-order valence-corrected chi connectivity index (χ2v) is 10.1. The van der Waals surface area contributed by atoms with Crippen molar-refractivity contribution in [3.63, 3.8) is 0 Å². The third kappa shape index (κ3) is 5.79. The summed E-state index contributed by atoms with van der Waals surface area (Å²) < 4.78 is 26.1. The van der Waals surface area contributed by atoms with Gasteiger partial charge in [0.25, 0.3) is 5.91 Å². The van der Waals surface area contributed by atoms with Gasteiger partial charge in [-0.3, -0.25) is 9.10 Å².